The maximum atomic E-state index is 14.1. The first-order chi connectivity index (χ1) is 15.6. The highest BCUT2D eigenvalue weighted by molar-refractivity contribution is 9.10. The molecule has 0 spiro atoms. The van der Waals surface area contributed by atoms with Gasteiger partial charge < -0.3 is 14.9 Å². The number of H-pyrrole nitrogens is 1. The Morgan fingerprint density at radius 1 is 1.09 bits per heavy atom. The minimum atomic E-state index is -0.321. The fraction of sp³-hybridized carbons (Fsp3) is 0.130. The van der Waals surface area contributed by atoms with E-state index in [2.05, 4.69) is 31.6 Å². The number of rotatable bonds is 8. The van der Waals surface area contributed by atoms with Crippen molar-refractivity contribution in [1.29, 1.82) is 0 Å². The predicted octanol–water partition coefficient (Wildman–Crippen LogP) is 5.84. The van der Waals surface area contributed by atoms with Crippen LogP contribution in [0.2, 0.25) is 0 Å². The zero-order valence-electron chi connectivity index (χ0n) is 17.1. The molecule has 32 heavy (non-hydrogen) atoms. The van der Waals surface area contributed by atoms with E-state index in [9.17, 15) is 4.39 Å². The molecule has 6 nitrogen and oxygen atoms in total. The Labute approximate surface area is 198 Å². The first-order valence-corrected chi connectivity index (χ1v) is 11.0. The van der Waals surface area contributed by atoms with E-state index in [0.29, 0.717) is 34.2 Å². The topological polar surface area (TPSA) is 64.1 Å². The molecule has 0 aliphatic carbocycles. The van der Waals surface area contributed by atoms with E-state index < -0.39 is 0 Å². The third-order valence-corrected chi connectivity index (χ3v) is 5.85. The summed E-state index contributed by atoms with van der Waals surface area (Å²) < 4.78 is 28.6. The molecule has 0 saturated carbocycles. The van der Waals surface area contributed by atoms with Gasteiger partial charge in [0.1, 0.15) is 12.4 Å². The molecule has 164 valence electrons. The molecule has 2 N–H and O–H groups in total. The fourth-order valence-electron chi connectivity index (χ4n) is 3.21. The molecule has 4 rings (SSSR count). The highest BCUT2D eigenvalue weighted by Crippen LogP contribution is 2.37. The van der Waals surface area contributed by atoms with Crippen LogP contribution in [-0.4, -0.2) is 22.0 Å². The van der Waals surface area contributed by atoms with E-state index in [0.717, 1.165) is 15.6 Å². The van der Waals surface area contributed by atoms with Crippen LogP contribution < -0.4 is 14.9 Å². The Morgan fingerprint density at radius 3 is 2.59 bits per heavy atom. The van der Waals surface area contributed by atoms with Crippen LogP contribution in [-0.2, 0) is 13.2 Å². The van der Waals surface area contributed by atoms with Gasteiger partial charge in [-0.15, -0.1) is 0 Å². The van der Waals surface area contributed by atoms with Gasteiger partial charge in [-0.2, -0.15) is 5.10 Å². The summed E-state index contributed by atoms with van der Waals surface area (Å²) in [6.45, 7) is 0.408. The number of ether oxygens (including phenoxy) is 2. The van der Waals surface area contributed by atoms with Crippen molar-refractivity contribution >= 4 is 28.1 Å². The summed E-state index contributed by atoms with van der Waals surface area (Å²) >= 11 is 8.99. The number of nitrogens with one attached hydrogen (secondary N) is 2. The van der Waals surface area contributed by atoms with Crippen molar-refractivity contribution < 1.29 is 13.9 Å². The molecule has 0 saturated heterocycles. The van der Waals surface area contributed by atoms with Gasteiger partial charge in [0.25, 0.3) is 0 Å². The molecule has 0 amide bonds. The van der Waals surface area contributed by atoms with Gasteiger partial charge >= 0.3 is 0 Å². The lowest BCUT2D eigenvalue weighted by atomic mass is 10.1. The van der Waals surface area contributed by atoms with Crippen molar-refractivity contribution in [3.8, 4) is 22.9 Å². The van der Waals surface area contributed by atoms with Crippen molar-refractivity contribution in [2.24, 2.45) is 0 Å². The SMILES string of the molecule is COc1ccc(Br)c(CNn2c(-c3ccccc3)n[nH]c2=S)c1OCc1ccccc1F. The molecule has 0 fully saturated rings. The first kappa shape index (κ1) is 22.0. The smallest absolute Gasteiger partial charge is 0.214 e. The molecule has 4 aromatic rings. The van der Waals surface area contributed by atoms with Crippen LogP contribution in [0.25, 0.3) is 11.4 Å². The fourth-order valence-corrected chi connectivity index (χ4v) is 3.86. The molecule has 9 heteroatoms. The number of nitrogens with zero attached hydrogens (tertiary/aromatic N) is 2. The molecule has 1 aromatic heterocycles. The molecule has 0 radical (unpaired) electrons. The minimum Gasteiger partial charge on any atom is -0.493 e. The average molecular weight is 515 g/mol. The number of methoxy groups -OCH3 is 1. The Kier molecular flexibility index (Phi) is 6.87. The van der Waals surface area contributed by atoms with Crippen LogP contribution in [0.3, 0.4) is 0 Å². The summed E-state index contributed by atoms with van der Waals surface area (Å²) in [7, 11) is 1.57. The average Bonchev–Trinajstić information content (AvgIpc) is 3.18. The highest BCUT2D eigenvalue weighted by Gasteiger charge is 2.17. The van der Waals surface area contributed by atoms with E-state index in [-0.39, 0.29) is 12.4 Å². The summed E-state index contributed by atoms with van der Waals surface area (Å²) in [6.07, 6.45) is 0. The van der Waals surface area contributed by atoms with Gasteiger partial charge in [-0.1, -0.05) is 64.5 Å². The van der Waals surface area contributed by atoms with E-state index in [1.165, 1.54) is 6.07 Å². The molecule has 0 bridgehead atoms. The number of halogens is 2. The van der Waals surface area contributed by atoms with Gasteiger partial charge in [-0.05, 0) is 30.4 Å². The minimum absolute atomic E-state index is 0.0624. The second-order valence-corrected chi connectivity index (χ2v) is 8.07. The van der Waals surface area contributed by atoms with Gasteiger partial charge in [-0.25, -0.2) is 14.2 Å². The second-order valence-electron chi connectivity index (χ2n) is 6.83. The third kappa shape index (κ3) is 4.68. The quantitative estimate of drug-likeness (QED) is 0.289. The lowest BCUT2D eigenvalue weighted by molar-refractivity contribution is 0.276. The number of aromatic nitrogens is 3. The summed E-state index contributed by atoms with van der Waals surface area (Å²) in [5, 5.41) is 7.16. The highest BCUT2D eigenvalue weighted by atomic mass is 79.9. The Hall–Kier alpha value is -3.17. The molecule has 0 unspecified atom stereocenters. The van der Waals surface area contributed by atoms with E-state index in [1.54, 1.807) is 36.1 Å². The lowest BCUT2D eigenvalue weighted by Crippen LogP contribution is -2.17. The van der Waals surface area contributed by atoms with E-state index in [1.807, 2.05) is 36.4 Å². The van der Waals surface area contributed by atoms with Gasteiger partial charge in [0, 0.05) is 21.2 Å². The zero-order chi connectivity index (χ0) is 22.5. The third-order valence-electron chi connectivity index (χ3n) is 4.84. The normalized spacial score (nSPS) is 10.7. The Morgan fingerprint density at radius 2 is 1.84 bits per heavy atom. The van der Waals surface area contributed by atoms with Crippen molar-refractivity contribution in [3.05, 3.63) is 92.9 Å². The van der Waals surface area contributed by atoms with Crippen LogP contribution in [0, 0.1) is 10.6 Å². The molecular weight excluding hydrogens is 495 g/mol. The molecule has 3 aromatic carbocycles. The van der Waals surface area contributed by atoms with E-state index >= 15 is 0 Å². The monoisotopic (exact) mass is 514 g/mol. The maximum absolute atomic E-state index is 14.1. The summed E-state index contributed by atoms with van der Waals surface area (Å²) in [5.41, 5.74) is 5.46. The summed E-state index contributed by atoms with van der Waals surface area (Å²) in [6, 6.07) is 19.9. The largest absolute Gasteiger partial charge is 0.493 e. The summed E-state index contributed by atoms with van der Waals surface area (Å²) in [4.78, 5) is 0. The summed E-state index contributed by atoms with van der Waals surface area (Å²) in [5.74, 6) is 1.39. The Bertz CT molecular complexity index is 1280. The standard InChI is InChI=1S/C23H20BrFN4O2S/c1-30-20-12-11-18(24)17(21(20)31-14-16-9-5-6-10-19(16)25)13-26-29-22(27-28-23(29)32)15-7-3-2-4-8-15/h2-12,26H,13-14H2,1H3,(H,28,32). The van der Waals surface area contributed by atoms with Crippen LogP contribution >= 0.6 is 28.1 Å². The van der Waals surface area contributed by atoms with Crippen LogP contribution in [0.4, 0.5) is 4.39 Å². The molecule has 1 heterocycles. The molecule has 0 atom stereocenters. The molecule has 0 aliphatic heterocycles. The number of hydrogen-bond donors (Lipinski definition) is 2. The second kappa shape index (κ2) is 9.97. The number of hydrogen-bond acceptors (Lipinski definition) is 5. The van der Waals surface area contributed by atoms with Gasteiger partial charge in [-0.3, -0.25) is 0 Å². The van der Waals surface area contributed by atoms with Crippen LogP contribution in [0.5, 0.6) is 11.5 Å². The van der Waals surface area contributed by atoms with Gasteiger partial charge in [0.2, 0.25) is 4.77 Å². The van der Waals surface area contributed by atoms with Gasteiger partial charge in [0.15, 0.2) is 17.3 Å². The predicted molar refractivity (Wildman–Crippen MR) is 127 cm³/mol. The molecule has 0 aliphatic rings. The zero-order valence-corrected chi connectivity index (χ0v) is 19.5. The van der Waals surface area contributed by atoms with Crippen molar-refractivity contribution in [1.82, 2.24) is 14.9 Å². The first-order valence-electron chi connectivity index (χ1n) is 9.76. The number of aromatic amines is 1. The van der Waals surface area contributed by atoms with Crippen molar-refractivity contribution in [3.63, 3.8) is 0 Å². The Balaban J connectivity index is 1.63. The van der Waals surface area contributed by atoms with Crippen molar-refractivity contribution in [2.45, 2.75) is 13.2 Å². The lowest BCUT2D eigenvalue weighted by Gasteiger charge is -2.18. The molecular formula is C23H20BrFN4O2S. The van der Waals surface area contributed by atoms with Gasteiger partial charge in [0.05, 0.1) is 13.7 Å². The maximum Gasteiger partial charge on any atom is 0.214 e. The van der Waals surface area contributed by atoms with Crippen LogP contribution in [0.1, 0.15) is 11.1 Å². The number of benzene rings is 3. The van der Waals surface area contributed by atoms with Crippen LogP contribution in [0.15, 0.2) is 71.2 Å². The van der Waals surface area contributed by atoms with E-state index in [4.69, 9.17) is 21.7 Å². The van der Waals surface area contributed by atoms with Crippen molar-refractivity contribution in [2.75, 3.05) is 12.5 Å².